The Balaban J connectivity index is 1.82. The van der Waals surface area contributed by atoms with Crippen LogP contribution in [0.15, 0.2) is 0 Å². The first-order valence-corrected chi connectivity index (χ1v) is 7.42. The van der Waals surface area contributed by atoms with Gasteiger partial charge in [0.1, 0.15) is 0 Å². The van der Waals surface area contributed by atoms with E-state index in [1.54, 1.807) is 0 Å². The number of hydrogen-bond donors (Lipinski definition) is 2. The Morgan fingerprint density at radius 1 is 1.17 bits per heavy atom. The third-order valence-corrected chi connectivity index (χ3v) is 4.42. The molecule has 1 heterocycles. The van der Waals surface area contributed by atoms with Gasteiger partial charge in [-0.3, -0.25) is 4.79 Å². The van der Waals surface area contributed by atoms with Crippen LogP contribution in [0.5, 0.6) is 0 Å². The summed E-state index contributed by atoms with van der Waals surface area (Å²) in [5.41, 5.74) is 5.38. The number of carbonyl (C=O) groups excluding carboxylic acids is 1. The van der Waals surface area contributed by atoms with E-state index >= 15 is 0 Å². The monoisotopic (exact) mass is 269 g/mol. The van der Waals surface area contributed by atoms with Crippen LogP contribution in [0.25, 0.3) is 0 Å². The number of thiocarbonyl (C=S) groups is 1. The molecule has 1 saturated carbocycles. The van der Waals surface area contributed by atoms with Crippen molar-refractivity contribution in [1.82, 2.24) is 10.2 Å². The van der Waals surface area contributed by atoms with Gasteiger partial charge in [0, 0.05) is 19.1 Å². The van der Waals surface area contributed by atoms with Gasteiger partial charge in [-0.25, -0.2) is 0 Å². The molecule has 0 spiro atoms. The Kier molecular flexibility index (Phi) is 4.80. The normalized spacial score (nSPS) is 25.8. The van der Waals surface area contributed by atoms with E-state index in [9.17, 15) is 4.79 Å². The van der Waals surface area contributed by atoms with Gasteiger partial charge >= 0.3 is 0 Å². The van der Waals surface area contributed by atoms with E-state index in [1.807, 2.05) is 0 Å². The third kappa shape index (κ3) is 3.57. The molecule has 5 heteroatoms. The van der Waals surface area contributed by atoms with Crippen molar-refractivity contribution in [3.63, 3.8) is 0 Å². The van der Waals surface area contributed by atoms with Crippen LogP contribution in [0.2, 0.25) is 0 Å². The minimum Gasteiger partial charge on any atom is -0.369 e. The zero-order valence-corrected chi connectivity index (χ0v) is 11.7. The molecule has 2 fully saturated rings. The fourth-order valence-electron chi connectivity index (χ4n) is 2.91. The van der Waals surface area contributed by atoms with E-state index in [1.165, 1.54) is 32.1 Å². The number of piperidine rings is 1. The first-order chi connectivity index (χ1) is 8.66. The summed E-state index contributed by atoms with van der Waals surface area (Å²) in [4.78, 5) is 13.4. The molecule has 0 radical (unpaired) electrons. The summed E-state index contributed by atoms with van der Waals surface area (Å²) in [6.45, 7) is 1.64. The molecular weight excluding hydrogens is 246 g/mol. The summed E-state index contributed by atoms with van der Waals surface area (Å²) in [6.07, 6.45) is 8.27. The summed E-state index contributed by atoms with van der Waals surface area (Å²) in [5.74, 6) is -0.231. The van der Waals surface area contributed by atoms with E-state index in [2.05, 4.69) is 10.2 Å². The second-order valence-corrected chi connectivity index (χ2v) is 5.86. The molecule has 1 aliphatic heterocycles. The number of likely N-dealkylation sites (tertiary alicyclic amines) is 1. The molecule has 0 bridgehead atoms. The van der Waals surface area contributed by atoms with Crippen molar-refractivity contribution in [3.8, 4) is 0 Å². The van der Waals surface area contributed by atoms with Crippen LogP contribution in [-0.4, -0.2) is 35.1 Å². The first kappa shape index (κ1) is 13.6. The van der Waals surface area contributed by atoms with Gasteiger partial charge in [-0.05, 0) is 37.9 Å². The lowest BCUT2D eigenvalue weighted by atomic mass is 9.95. The second kappa shape index (κ2) is 6.36. The van der Waals surface area contributed by atoms with Gasteiger partial charge in [-0.15, -0.1) is 0 Å². The van der Waals surface area contributed by atoms with Crippen LogP contribution < -0.4 is 11.1 Å². The van der Waals surface area contributed by atoms with E-state index in [0.717, 1.165) is 24.5 Å². The standard InChI is InChI=1S/C13H23N3OS/c14-12(17)10-5-4-8-16(9-10)13(18)15-11-6-2-1-3-7-11/h10-11H,1-9H2,(H2,14,17)(H,15,18). The molecule has 1 atom stereocenters. The summed E-state index contributed by atoms with van der Waals surface area (Å²) < 4.78 is 0. The summed E-state index contributed by atoms with van der Waals surface area (Å²) in [6, 6.07) is 0.528. The molecular formula is C13H23N3OS. The van der Waals surface area contributed by atoms with Gasteiger partial charge in [0.2, 0.25) is 5.91 Å². The smallest absolute Gasteiger partial charge is 0.222 e. The predicted octanol–water partition coefficient (Wildman–Crippen LogP) is 1.39. The largest absolute Gasteiger partial charge is 0.369 e. The SMILES string of the molecule is NC(=O)C1CCCN(C(=S)NC2CCCCC2)C1. The van der Waals surface area contributed by atoms with Gasteiger partial charge < -0.3 is 16.0 Å². The Hall–Kier alpha value is -0.840. The highest BCUT2D eigenvalue weighted by Crippen LogP contribution is 2.19. The molecule has 102 valence electrons. The van der Waals surface area contributed by atoms with Gasteiger partial charge in [0.05, 0.1) is 5.92 Å². The lowest BCUT2D eigenvalue weighted by molar-refractivity contribution is -0.122. The molecule has 1 unspecified atom stereocenters. The number of nitrogens with one attached hydrogen (secondary N) is 1. The van der Waals surface area contributed by atoms with Crippen molar-refractivity contribution in [1.29, 1.82) is 0 Å². The molecule has 18 heavy (non-hydrogen) atoms. The van der Waals surface area contributed by atoms with Crippen molar-refractivity contribution in [3.05, 3.63) is 0 Å². The maximum atomic E-state index is 11.2. The number of primary amides is 1. The maximum Gasteiger partial charge on any atom is 0.222 e. The molecule has 0 aromatic carbocycles. The number of nitrogens with zero attached hydrogens (tertiary/aromatic N) is 1. The van der Waals surface area contributed by atoms with Crippen molar-refractivity contribution >= 4 is 23.2 Å². The minimum atomic E-state index is -0.194. The van der Waals surface area contributed by atoms with Crippen LogP contribution in [0.3, 0.4) is 0 Å². The zero-order chi connectivity index (χ0) is 13.0. The Bertz CT molecular complexity index is 315. The van der Waals surface area contributed by atoms with Crippen molar-refractivity contribution in [2.75, 3.05) is 13.1 Å². The molecule has 2 aliphatic rings. The molecule has 0 aromatic heterocycles. The Morgan fingerprint density at radius 2 is 1.89 bits per heavy atom. The molecule has 4 nitrogen and oxygen atoms in total. The topological polar surface area (TPSA) is 58.4 Å². The summed E-state index contributed by atoms with van der Waals surface area (Å²) in [5, 5.41) is 4.27. The molecule has 1 aliphatic carbocycles. The van der Waals surface area contributed by atoms with Crippen molar-refractivity contribution < 1.29 is 4.79 Å². The van der Waals surface area contributed by atoms with Crippen molar-refractivity contribution in [2.24, 2.45) is 11.7 Å². The second-order valence-electron chi connectivity index (χ2n) is 5.47. The van der Waals surface area contributed by atoms with Gasteiger partial charge in [-0.1, -0.05) is 19.3 Å². The average Bonchev–Trinajstić information content (AvgIpc) is 2.40. The first-order valence-electron chi connectivity index (χ1n) is 7.01. The molecule has 1 saturated heterocycles. The van der Waals surface area contributed by atoms with Crippen LogP contribution in [0.4, 0.5) is 0 Å². The quantitative estimate of drug-likeness (QED) is 0.744. The highest BCUT2D eigenvalue weighted by Gasteiger charge is 2.26. The maximum absolute atomic E-state index is 11.2. The van der Waals surface area contributed by atoms with E-state index in [-0.39, 0.29) is 11.8 Å². The Morgan fingerprint density at radius 3 is 2.56 bits per heavy atom. The van der Waals surface area contributed by atoms with E-state index in [0.29, 0.717) is 12.6 Å². The third-order valence-electron chi connectivity index (χ3n) is 4.04. The number of nitrogens with two attached hydrogens (primary N) is 1. The fraction of sp³-hybridized carbons (Fsp3) is 0.846. The van der Waals surface area contributed by atoms with Crippen molar-refractivity contribution in [2.45, 2.75) is 51.0 Å². The Labute approximate surface area is 114 Å². The summed E-state index contributed by atoms with van der Waals surface area (Å²) >= 11 is 5.46. The molecule has 3 N–H and O–H groups in total. The summed E-state index contributed by atoms with van der Waals surface area (Å²) in [7, 11) is 0. The van der Waals surface area contributed by atoms with Gasteiger partial charge in [0.15, 0.2) is 5.11 Å². The molecule has 2 rings (SSSR count). The molecule has 0 aromatic rings. The number of hydrogen-bond acceptors (Lipinski definition) is 2. The van der Waals surface area contributed by atoms with Crippen LogP contribution in [-0.2, 0) is 4.79 Å². The number of rotatable bonds is 2. The highest BCUT2D eigenvalue weighted by atomic mass is 32.1. The number of carbonyl (C=O) groups is 1. The van der Waals surface area contributed by atoms with Crippen LogP contribution in [0, 0.1) is 5.92 Å². The fourth-order valence-corrected chi connectivity index (χ4v) is 3.24. The molecule has 1 amide bonds. The lowest BCUT2D eigenvalue weighted by Crippen LogP contribution is -2.50. The zero-order valence-electron chi connectivity index (χ0n) is 10.9. The van der Waals surface area contributed by atoms with Crippen LogP contribution >= 0.6 is 12.2 Å². The lowest BCUT2D eigenvalue weighted by Gasteiger charge is -2.35. The number of amides is 1. The highest BCUT2D eigenvalue weighted by molar-refractivity contribution is 7.80. The average molecular weight is 269 g/mol. The van der Waals surface area contributed by atoms with E-state index < -0.39 is 0 Å². The predicted molar refractivity (Wildman–Crippen MR) is 76.1 cm³/mol. The van der Waals surface area contributed by atoms with Crippen LogP contribution in [0.1, 0.15) is 44.9 Å². The van der Waals surface area contributed by atoms with Gasteiger partial charge in [0.25, 0.3) is 0 Å². The minimum absolute atomic E-state index is 0.0372. The van der Waals surface area contributed by atoms with Gasteiger partial charge in [-0.2, -0.15) is 0 Å². The van der Waals surface area contributed by atoms with E-state index in [4.69, 9.17) is 18.0 Å².